The Morgan fingerprint density at radius 3 is 2.43 bits per heavy atom. The Balaban J connectivity index is 1.91. The zero-order valence-electron chi connectivity index (χ0n) is 16.2. The summed E-state index contributed by atoms with van der Waals surface area (Å²) in [5.74, 6) is -0.614. The number of hydrogen-bond donors (Lipinski definition) is 2. The van der Waals surface area contributed by atoms with Crippen molar-refractivity contribution in [1.29, 1.82) is 0 Å². The van der Waals surface area contributed by atoms with Gasteiger partial charge in [0.1, 0.15) is 17.2 Å². The Labute approximate surface area is 181 Å². The predicted octanol–water partition coefficient (Wildman–Crippen LogP) is 3.44. The standard InChI is InChI=1S/C20H19ClN2O6S/c1-3-28-19(25)16-13(10-29-18(24)14-8-9-15(21)30-14)22-20(26)23-17(16)11-4-6-12(27-2)7-5-11/h4-9,17H,3,10H2,1-2H3,(H2,22,23,26). The molecule has 0 saturated carbocycles. The largest absolute Gasteiger partial charge is 0.497 e. The zero-order chi connectivity index (χ0) is 21.7. The molecule has 0 saturated heterocycles. The molecule has 0 aliphatic carbocycles. The average Bonchev–Trinajstić information content (AvgIpc) is 3.18. The molecule has 3 rings (SSSR count). The monoisotopic (exact) mass is 450 g/mol. The summed E-state index contributed by atoms with van der Waals surface area (Å²) in [6, 6.07) is 8.69. The van der Waals surface area contributed by atoms with Crippen LogP contribution in [0.2, 0.25) is 4.34 Å². The van der Waals surface area contributed by atoms with Gasteiger partial charge >= 0.3 is 18.0 Å². The van der Waals surface area contributed by atoms with Gasteiger partial charge in [-0.1, -0.05) is 23.7 Å². The van der Waals surface area contributed by atoms with Gasteiger partial charge in [-0.15, -0.1) is 11.3 Å². The summed E-state index contributed by atoms with van der Waals surface area (Å²) < 4.78 is 16.1. The van der Waals surface area contributed by atoms with Crippen LogP contribution in [0.3, 0.4) is 0 Å². The molecule has 0 fully saturated rings. The van der Waals surface area contributed by atoms with E-state index < -0.39 is 24.0 Å². The molecule has 2 aromatic rings. The third-order valence-electron chi connectivity index (χ3n) is 4.22. The highest BCUT2D eigenvalue weighted by Crippen LogP contribution is 2.29. The van der Waals surface area contributed by atoms with E-state index in [1.807, 2.05) is 0 Å². The third kappa shape index (κ3) is 4.92. The molecule has 1 aliphatic heterocycles. The number of urea groups is 1. The number of hydrogen-bond acceptors (Lipinski definition) is 7. The number of rotatable bonds is 7. The number of amides is 2. The first-order valence-corrected chi connectivity index (χ1v) is 10.2. The molecule has 0 spiro atoms. The second kappa shape index (κ2) is 9.64. The van der Waals surface area contributed by atoms with Crippen LogP contribution in [0, 0.1) is 0 Å². The van der Waals surface area contributed by atoms with E-state index in [-0.39, 0.29) is 24.5 Å². The summed E-state index contributed by atoms with van der Waals surface area (Å²) in [6.07, 6.45) is 0. The number of carbonyl (C=O) groups excluding carboxylic acids is 3. The normalized spacial score (nSPS) is 15.8. The molecule has 1 atom stereocenters. The highest BCUT2D eigenvalue weighted by Gasteiger charge is 2.34. The van der Waals surface area contributed by atoms with Gasteiger partial charge in [0, 0.05) is 0 Å². The van der Waals surface area contributed by atoms with Crippen molar-refractivity contribution in [3.63, 3.8) is 0 Å². The van der Waals surface area contributed by atoms with E-state index in [2.05, 4.69) is 10.6 Å². The molecule has 1 aromatic heterocycles. The number of thiophene rings is 1. The lowest BCUT2D eigenvalue weighted by Crippen LogP contribution is -2.47. The summed E-state index contributed by atoms with van der Waals surface area (Å²) in [5.41, 5.74) is 0.940. The Hall–Kier alpha value is -3.04. The number of esters is 2. The molecular weight excluding hydrogens is 432 g/mol. The smallest absolute Gasteiger partial charge is 0.348 e. The van der Waals surface area contributed by atoms with Crippen molar-refractivity contribution in [1.82, 2.24) is 10.6 Å². The fourth-order valence-corrected chi connectivity index (χ4v) is 3.80. The Bertz CT molecular complexity index is 985. The Kier molecular flexibility index (Phi) is 6.96. The van der Waals surface area contributed by atoms with E-state index in [1.165, 1.54) is 6.07 Å². The van der Waals surface area contributed by atoms with Crippen LogP contribution >= 0.6 is 22.9 Å². The molecule has 0 radical (unpaired) electrons. The van der Waals surface area contributed by atoms with E-state index in [0.717, 1.165) is 11.3 Å². The fraction of sp³-hybridized carbons (Fsp3) is 0.250. The second-order valence-electron chi connectivity index (χ2n) is 6.10. The van der Waals surface area contributed by atoms with Gasteiger partial charge in [0.15, 0.2) is 0 Å². The minimum atomic E-state index is -0.784. The van der Waals surface area contributed by atoms with Gasteiger partial charge in [0.25, 0.3) is 0 Å². The first kappa shape index (κ1) is 21.7. The highest BCUT2D eigenvalue weighted by molar-refractivity contribution is 7.17. The minimum Gasteiger partial charge on any atom is -0.497 e. The highest BCUT2D eigenvalue weighted by atomic mass is 35.5. The molecular formula is C20H19ClN2O6S. The maximum absolute atomic E-state index is 12.7. The van der Waals surface area contributed by atoms with Gasteiger partial charge in [-0.25, -0.2) is 14.4 Å². The number of carbonyl (C=O) groups is 3. The molecule has 0 bridgehead atoms. The van der Waals surface area contributed by atoms with Crippen LogP contribution < -0.4 is 15.4 Å². The number of benzene rings is 1. The molecule has 158 valence electrons. The SMILES string of the molecule is CCOC(=O)C1=C(COC(=O)c2ccc(Cl)s2)NC(=O)NC1c1ccc(OC)cc1. The van der Waals surface area contributed by atoms with E-state index >= 15 is 0 Å². The van der Waals surface area contributed by atoms with Gasteiger partial charge in [-0.05, 0) is 36.8 Å². The lowest BCUT2D eigenvalue weighted by atomic mass is 9.95. The van der Waals surface area contributed by atoms with Crippen LogP contribution in [0.4, 0.5) is 4.79 Å². The Morgan fingerprint density at radius 1 is 1.10 bits per heavy atom. The van der Waals surface area contributed by atoms with Crippen LogP contribution in [0.1, 0.15) is 28.2 Å². The van der Waals surface area contributed by atoms with Gasteiger partial charge in [0.05, 0.1) is 35.4 Å². The second-order valence-corrected chi connectivity index (χ2v) is 7.81. The molecule has 2 amide bonds. The number of nitrogens with one attached hydrogen (secondary N) is 2. The van der Waals surface area contributed by atoms with Gasteiger partial charge < -0.3 is 24.8 Å². The summed E-state index contributed by atoms with van der Waals surface area (Å²) in [7, 11) is 1.54. The van der Waals surface area contributed by atoms with Crippen LogP contribution in [0.15, 0.2) is 47.7 Å². The van der Waals surface area contributed by atoms with Crippen LogP contribution in [-0.4, -0.2) is 38.3 Å². The van der Waals surface area contributed by atoms with Crippen molar-refractivity contribution in [3.05, 3.63) is 62.4 Å². The fourth-order valence-electron chi connectivity index (χ4n) is 2.86. The topological polar surface area (TPSA) is 103 Å². The van der Waals surface area contributed by atoms with Crippen molar-refractivity contribution in [2.45, 2.75) is 13.0 Å². The van der Waals surface area contributed by atoms with Crippen molar-refractivity contribution in [2.24, 2.45) is 0 Å². The third-order valence-corrected chi connectivity index (χ3v) is 5.43. The lowest BCUT2D eigenvalue weighted by molar-refractivity contribution is -0.139. The van der Waals surface area contributed by atoms with Crippen molar-refractivity contribution in [3.8, 4) is 5.75 Å². The first-order valence-electron chi connectivity index (χ1n) is 8.97. The molecule has 1 aliphatic rings. The molecule has 2 heterocycles. The molecule has 8 nitrogen and oxygen atoms in total. The Morgan fingerprint density at radius 2 is 1.83 bits per heavy atom. The number of halogens is 1. The van der Waals surface area contributed by atoms with Gasteiger partial charge in [-0.2, -0.15) is 0 Å². The number of ether oxygens (including phenoxy) is 3. The zero-order valence-corrected chi connectivity index (χ0v) is 17.8. The lowest BCUT2D eigenvalue weighted by Gasteiger charge is -2.29. The molecule has 1 unspecified atom stereocenters. The summed E-state index contributed by atoms with van der Waals surface area (Å²) in [6.45, 7) is 1.50. The molecule has 1 aromatic carbocycles. The molecule has 2 N–H and O–H groups in total. The first-order chi connectivity index (χ1) is 14.4. The van der Waals surface area contributed by atoms with Crippen molar-refractivity contribution < 1.29 is 28.6 Å². The van der Waals surface area contributed by atoms with Crippen LogP contribution in [-0.2, 0) is 14.3 Å². The summed E-state index contributed by atoms with van der Waals surface area (Å²) in [5, 5.41) is 5.25. The average molecular weight is 451 g/mol. The van der Waals surface area contributed by atoms with Crippen molar-refractivity contribution in [2.75, 3.05) is 20.3 Å². The molecule has 30 heavy (non-hydrogen) atoms. The van der Waals surface area contributed by atoms with E-state index in [0.29, 0.717) is 20.5 Å². The molecule has 10 heteroatoms. The predicted molar refractivity (Wildman–Crippen MR) is 111 cm³/mol. The maximum Gasteiger partial charge on any atom is 0.348 e. The van der Waals surface area contributed by atoms with E-state index in [9.17, 15) is 14.4 Å². The van der Waals surface area contributed by atoms with Gasteiger partial charge in [0.2, 0.25) is 0 Å². The van der Waals surface area contributed by atoms with Gasteiger partial charge in [-0.3, -0.25) is 0 Å². The van der Waals surface area contributed by atoms with Crippen LogP contribution in [0.25, 0.3) is 0 Å². The maximum atomic E-state index is 12.7. The summed E-state index contributed by atoms with van der Waals surface area (Å²) >= 11 is 6.92. The summed E-state index contributed by atoms with van der Waals surface area (Å²) in [4.78, 5) is 37.5. The van der Waals surface area contributed by atoms with E-state index in [4.69, 9.17) is 25.8 Å². The quantitative estimate of drug-likeness (QED) is 0.626. The number of methoxy groups -OCH3 is 1. The van der Waals surface area contributed by atoms with Crippen molar-refractivity contribution >= 4 is 40.9 Å². The minimum absolute atomic E-state index is 0.145. The van der Waals surface area contributed by atoms with Crippen LogP contribution in [0.5, 0.6) is 5.75 Å². The van der Waals surface area contributed by atoms with E-state index in [1.54, 1.807) is 44.4 Å².